The Bertz CT molecular complexity index is 249. The van der Waals surface area contributed by atoms with E-state index in [4.69, 9.17) is 0 Å². The van der Waals surface area contributed by atoms with E-state index >= 15 is 0 Å². The van der Waals surface area contributed by atoms with Gasteiger partial charge in [0.1, 0.15) is 0 Å². The van der Waals surface area contributed by atoms with Crippen molar-refractivity contribution >= 4 is 5.71 Å². The molecule has 1 heterocycles. The molecular formula is C11H17N. The smallest absolute Gasteiger partial charge is 0.0270 e. The van der Waals surface area contributed by atoms with Crippen molar-refractivity contribution in [3.8, 4) is 0 Å². The summed E-state index contributed by atoms with van der Waals surface area (Å²) in [6, 6.07) is 0. The average Bonchev–Trinajstić information content (AvgIpc) is 2.11. The van der Waals surface area contributed by atoms with E-state index in [0.29, 0.717) is 0 Å². The molecule has 0 amide bonds. The quantitative estimate of drug-likeness (QED) is 0.519. The lowest BCUT2D eigenvalue weighted by Gasteiger charge is -2.19. The van der Waals surface area contributed by atoms with Gasteiger partial charge in [-0.05, 0) is 24.0 Å². The number of allylic oxidation sites excluding steroid dienone is 3. The molecule has 0 aromatic rings. The van der Waals surface area contributed by atoms with Crippen LogP contribution in [0.1, 0.15) is 34.1 Å². The van der Waals surface area contributed by atoms with Crippen LogP contribution in [0.2, 0.25) is 0 Å². The van der Waals surface area contributed by atoms with Crippen LogP contribution >= 0.6 is 0 Å². The Balaban J connectivity index is 2.85. The maximum absolute atomic E-state index is 4.27. The molecule has 0 N–H and O–H groups in total. The number of hydrogen-bond donors (Lipinski definition) is 0. The molecule has 0 aromatic carbocycles. The van der Waals surface area contributed by atoms with Crippen molar-refractivity contribution < 1.29 is 0 Å². The van der Waals surface area contributed by atoms with Gasteiger partial charge >= 0.3 is 0 Å². The van der Waals surface area contributed by atoms with Gasteiger partial charge < -0.3 is 0 Å². The van der Waals surface area contributed by atoms with E-state index in [1.165, 1.54) is 11.3 Å². The predicted octanol–water partition coefficient (Wildman–Crippen LogP) is 3.34. The highest BCUT2D eigenvalue weighted by atomic mass is 14.7. The Morgan fingerprint density at radius 1 is 1.33 bits per heavy atom. The molecule has 0 unspecified atom stereocenters. The summed E-state index contributed by atoms with van der Waals surface area (Å²) < 4.78 is 0. The van der Waals surface area contributed by atoms with E-state index in [1.807, 2.05) is 6.20 Å². The molecule has 0 atom stereocenters. The largest absolute Gasteiger partial charge is 0.266 e. The molecule has 1 rings (SSSR count). The zero-order valence-electron chi connectivity index (χ0n) is 8.39. The Labute approximate surface area is 74.9 Å². The van der Waals surface area contributed by atoms with Gasteiger partial charge in [0, 0.05) is 18.3 Å². The van der Waals surface area contributed by atoms with Crippen LogP contribution in [0, 0.1) is 5.41 Å². The van der Waals surface area contributed by atoms with Crippen molar-refractivity contribution in [1.29, 1.82) is 0 Å². The maximum atomic E-state index is 4.27. The molecule has 0 aliphatic carbocycles. The molecular weight excluding hydrogens is 146 g/mol. The van der Waals surface area contributed by atoms with Crippen LogP contribution in [-0.4, -0.2) is 5.71 Å². The molecule has 0 radical (unpaired) electrons. The van der Waals surface area contributed by atoms with E-state index < -0.39 is 0 Å². The molecule has 1 aliphatic rings. The summed E-state index contributed by atoms with van der Waals surface area (Å²) in [6.45, 7) is 8.74. The summed E-state index contributed by atoms with van der Waals surface area (Å²) in [5, 5.41) is 0. The number of aliphatic imine (C=N–C) groups is 1. The van der Waals surface area contributed by atoms with Crippen molar-refractivity contribution in [2.45, 2.75) is 34.1 Å². The molecule has 1 aliphatic heterocycles. The highest BCUT2D eigenvalue weighted by Gasteiger charge is 2.14. The molecule has 0 spiro atoms. The minimum atomic E-state index is 0.247. The van der Waals surface area contributed by atoms with E-state index in [2.05, 4.69) is 44.8 Å². The topological polar surface area (TPSA) is 12.4 Å². The van der Waals surface area contributed by atoms with Gasteiger partial charge in [-0.25, -0.2) is 0 Å². The van der Waals surface area contributed by atoms with Crippen molar-refractivity contribution in [1.82, 2.24) is 0 Å². The zero-order valence-corrected chi connectivity index (χ0v) is 8.39. The van der Waals surface area contributed by atoms with E-state index in [0.717, 1.165) is 6.42 Å². The van der Waals surface area contributed by atoms with Gasteiger partial charge in [-0.3, -0.25) is 4.99 Å². The fourth-order valence-corrected chi connectivity index (χ4v) is 1.18. The van der Waals surface area contributed by atoms with Crippen molar-refractivity contribution in [3.63, 3.8) is 0 Å². The lowest BCUT2D eigenvalue weighted by Crippen LogP contribution is -2.07. The first-order valence-corrected chi connectivity index (χ1v) is 4.40. The Kier molecular flexibility index (Phi) is 2.51. The summed E-state index contributed by atoms with van der Waals surface area (Å²) in [6.07, 6.45) is 7.26. The minimum absolute atomic E-state index is 0.247. The van der Waals surface area contributed by atoms with Gasteiger partial charge in [0.2, 0.25) is 0 Å². The third kappa shape index (κ3) is 2.33. The van der Waals surface area contributed by atoms with Crippen LogP contribution in [0.5, 0.6) is 0 Å². The zero-order chi connectivity index (χ0) is 9.19. The Morgan fingerprint density at radius 3 is 2.58 bits per heavy atom. The van der Waals surface area contributed by atoms with Gasteiger partial charge in [0.15, 0.2) is 0 Å². The summed E-state index contributed by atoms with van der Waals surface area (Å²) in [5.74, 6) is 0. The maximum Gasteiger partial charge on any atom is 0.0270 e. The standard InChI is InChI=1S/C11H17N/c1-9-5-6-10(7-8-12-9)11(2,3)4/h6-8H,5H2,1-4H3. The summed E-state index contributed by atoms with van der Waals surface area (Å²) in [5.41, 5.74) is 2.81. The monoisotopic (exact) mass is 163 g/mol. The number of nitrogens with zero attached hydrogens (tertiary/aromatic N) is 1. The molecule has 0 saturated carbocycles. The van der Waals surface area contributed by atoms with Crippen molar-refractivity contribution in [2.75, 3.05) is 0 Å². The summed E-state index contributed by atoms with van der Waals surface area (Å²) >= 11 is 0. The molecule has 1 nitrogen and oxygen atoms in total. The van der Waals surface area contributed by atoms with Crippen LogP contribution in [-0.2, 0) is 0 Å². The number of rotatable bonds is 0. The van der Waals surface area contributed by atoms with Gasteiger partial charge in [0.05, 0.1) is 0 Å². The minimum Gasteiger partial charge on any atom is -0.266 e. The first-order chi connectivity index (χ1) is 5.50. The van der Waals surface area contributed by atoms with Gasteiger partial charge in [-0.1, -0.05) is 26.8 Å². The SMILES string of the molecule is CC1=NC=CC(C(C)(C)C)=CC1. The summed E-state index contributed by atoms with van der Waals surface area (Å²) in [7, 11) is 0. The first kappa shape index (κ1) is 9.24. The summed E-state index contributed by atoms with van der Waals surface area (Å²) in [4.78, 5) is 4.27. The molecule has 0 fully saturated rings. The van der Waals surface area contributed by atoms with Crippen LogP contribution in [0.4, 0.5) is 0 Å². The van der Waals surface area contributed by atoms with Gasteiger partial charge in [-0.15, -0.1) is 0 Å². The second-order valence-corrected chi connectivity index (χ2v) is 4.29. The van der Waals surface area contributed by atoms with Gasteiger partial charge in [0.25, 0.3) is 0 Å². The highest BCUT2D eigenvalue weighted by Crippen LogP contribution is 2.27. The third-order valence-electron chi connectivity index (χ3n) is 2.03. The van der Waals surface area contributed by atoms with Crippen molar-refractivity contribution in [3.05, 3.63) is 23.9 Å². The molecule has 0 bridgehead atoms. The lowest BCUT2D eigenvalue weighted by molar-refractivity contribution is 0.516. The Morgan fingerprint density at radius 2 is 2.00 bits per heavy atom. The van der Waals surface area contributed by atoms with Crippen molar-refractivity contribution in [2.24, 2.45) is 10.4 Å². The number of hydrogen-bond acceptors (Lipinski definition) is 1. The van der Waals surface area contributed by atoms with Gasteiger partial charge in [-0.2, -0.15) is 0 Å². The van der Waals surface area contributed by atoms with Crippen LogP contribution < -0.4 is 0 Å². The fraction of sp³-hybridized carbons (Fsp3) is 0.545. The van der Waals surface area contributed by atoms with Crippen LogP contribution in [0.15, 0.2) is 28.9 Å². The second-order valence-electron chi connectivity index (χ2n) is 4.29. The van der Waals surface area contributed by atoms with E-state index in [-0.39, 0.29) is 5.41 Å². The fourth-order valence-electron chi connectivity index (χ4n) is 1.18. The first-order valence-electron chi connectivity index (χ1n) is 4.40. The Hall–Kier alpha value is -0.850. The molecule has 66 valence electrons. The molecule has 12 heavy (non-hydrogen) atoms. The van der Waals surface area contributed by atoms with Crippen LogP contribution in [0.25, 0.3) is 0 Å². The molecule has 0 aromatic heterocycles. The van der Waals surface area contributed by atoms with E-state index in [9.17, 15) is 0 Å². The second kappa shape index (κ2) is 3.26. The lowest BCUT2D eigenvalue weighted by atomic mass is 9.86. The normalized spacial score (nSPS) is 18.3. The van der Waals surface area contributed by atoms with E-state index in [1.54, 1.807) is 0 Å². The molecule has 0 saturated heterocycles. The average molecular weight is 163 g/mol. The van der Waals surface area contributed by atoms with Crippen LogP contribution in [0.3, 0.4) is 0 Å². The molecule has 1 heteroatoms. The predicted molar refractivity (Wildman–Crippen MR) is 54.4 cm³/mol. The third-order valence-corrected chi connectivity index (χ3v) is 2.03. The highest BCUT2D eigenvalue weighted by molar-refractivity contribution is 5.84.